The second-order valence-electron chi connectivity index (χ2n) is 3.77. The summed E-state index contributed by atoms with van der Waals surface area (Å²) >= 11 is 0. The molecule has 1 aliphatic carbocycles. The van der Waals surface area contributed by atoms with Gasteiger partial charge in [0.25, 0.3) is 0 Å². The Hall–Kier alpha value is -0.930. The summed E-state index contributed by atoms with van der Waals surface area (Å²) in [6.45, 7) is 0.246. The van der Waals surface area contributed by atoms with Crippen molar-refractivity contribution in [3.05, 3.63) is 35.1 Å². The van der Waals surface area contributed by atoms with Gasteiger partial charge in [-0.25, -0.2) is 4.39 Å². The fraction of sp³-hybridized carbons (Fsp3) is 0.455. The molecule has 0 radical (unpaired) electrons. The van der Waals surface area contributed by atoms with E-state index in [0.29, 0.717) is 5.56 Å². The molecule has 14 heavy (non-hydrogen) atoms. The molecular formula is C11H13FO2. The Kier molecular flexibility index (Phi) is 2.29. The largest absolute Gasteiger partial charge is 0.385 e. The maximum atomic E-state index is 13.2. The van der Waals surface area contributed by atoms with Gasteiger partial charge < -0.3 is 9.84 Å². The van der Waals surface area contributed by atoms with Crippen LogP contribution in [0.4, 0.5) is 4.39 Å². The van der Waals surface area contributed by atoms with Crippen LogP contribution in [0.15, 0.2) is 18.2 Å². The molecule has 1 N–H and O–H groups in total. The molecule has 0 atom stereocenters. The van der Waals surface area contributed by atoms with Gasteiger partial charge in [0, 0.05) is 12.7 Å². The molecule has 2 nitrogen and oxygen atoms in total. The van der Waals surface area contributed by atoms with Crippen molar-refractivity contribution >= 4 is 0 Å². The van der Waals surface area contributed by atoms with Crippen molar-refractivity contribution in [3.8, 4) is 0 Å². The van der Waals surface area contributed by atoms with E-state index >= 15 is 0 Å². The average Bonchev–Trinajstić information content (AvgIpc) is 2.89. The molecule has 0 bridgehead atoms. The number of methoxy groups -OCH3 is 1. The Morgan fingerprint density at radius 2 is 2.21 bits per heavy atom. The van der Waals surface area contributed by atoms with Gasteiger partial charge in [0.2, 0.25) is 0 Å². The number of ether oxygens (including phenoxy) is 1. The lowest BCUT2D eigenvalue weighted by molar-refractivity contribution is 0.150. The van der Waals surface area contributed by atoms with Crippen molar-refractivity contribution in [2.75, 3.05) is 7.11 Å². The molecule has 0 unspecified atom stereocenters. The Balaban J connectivity index is 2.31. The maximum absolute atomic E-state index is 13.2. The molecule has 1 saturated carbocycles. The van der Waals surface area contributed by atoms with Gasteiger partial charge in [0.1, 0.15) is 5.82 Å². The van der Waals surface area contributed by atoms with E-state index in [9.17, 15) is 9.50 Å². The fourth-order valence-corrected chi connectivity index (χ4v) is 1.54. The smallest absolute Gasteiger partial charge is 0.128 e. The zero-order valence-electron chi connectivity index (χ0n) is 8.09. The van der Waals surface area contributed by atoms with Crippen LogP contribution in [-0.4, -0.2) is 12.2 Å². The van der Waals surface area contributed by atoms with Crippen LogP contribution in [0.2, 0.25) is 0 Å². The molecule has 1 aromatic rings. The molecule has 76 valence electrons. The second-order valence-corrected chi connectivity index (χ2v) is 3.77. The van der Waals surface area contributed by atoms with Crippen molar-refractivity contribution in [1.82, 2.24) is 0 Å². The van der Waals surface area contributed by atoms with E-state index < -0.39 is 5.60 Å². The van der Waals surface area contributed by atoms with Gasteiger partial charge in [-0.15, -0.1) is 0 Å². The Morgan fingerprint density at radius 3 is 2.79 bits per heavy atom. The third-order valence-corrected chi connectivity index (χ3v) is 2.61. The minimum Gasteiger partial charge on any atom is -0.385 e. The Labute approximate surface area is 82.3 Å². The van der Waals surface area contributed by atoms with Gasteiger partial charge in [-0.2, -0.15) is 0 Å². The monoisotopic (exact) mass is 196 g/mol. The summed E-state index contributed by atoms with van der Waals surface area (Å²) in [5.74, 6) is -0.278. The lowest BCUT2D eigenvalue weighted by Gasteiger charge is -2.10. The van der Waals surface area contributed by atoms with E-state index in [0.717, 1.165) is 18.4 Å². The number of rotatable bonds is 3. The first kappa shape index (κ1) is 9.62. The van der Waals surface area contributed by atoms with Crippen LogP contribution in [0.1, 0.15) is 24.0 Å². The highest BCUT2D eigenvalue weighted by Gasteiger charge is 2.42. The van der Waals surface area contributed by atoms with Gasteiger partial charge in [-0.05, 0) is 30.5 Å². The van der Waals surface area contributed by atoms with Crippen molar-refractivity contribution in [2.45, 2.75) is 25.0 Å². The molecule has 0 aromatic heterocycles. The van der Waals surface area contributed by atoms with Gasteiger partial charge in [-0.1, -0.05) is 6.07 Å². The topological polar surface area (TPSA) is 29.5 Å². The summed E-state index contributed by atoms with van der Waals surface area (Å²) in [6.07, 6.45) is 1.54. The number of hydrogen-bond acceptors (Lipinski definition) is 2. The molecule has 0 amide bonds. The van der Waals surface area contributed by atoms with Crippen LogP contribution in [-0.2, 0) is 16.9 Å². The third-order valence-electron chi connectivity index (χ3n) is 2.61. The summed E-state index contributed by atoms with van der Waals surface area (Å²) in [7, 11) is 1.53. The van der Waals surface area contributed by atoms with Crippen LogP contribution in [0.5, 0.6) is 0 Å². The van der Waals surface area contributed by atoms with E-state index in [4.69, 9.17) is 4.74 Å². The third kappa shape index (κ3) is 1.65. The molecule has 2 rings (SSSR count). The summed E-state index contributed by atoms with van der Waals surface area (Å²) in [4.78, 5) is 0. The summed E-state index contributed by atoms with van der Waals surface area (Å²) in [6, 6.07) is 4.72. The minimum atomic E-state index is -0.698. The highest BCUT2D eigenvalue weighted by Crippen LogP contribution is 2.45. The van der Waals surface area contributed by atoms with Gasteiger partial charge in [-0.3, -0.25) is 0 Å². The highest BCUT2D eigenvalue weighted by molar-refractivity contribution is 5.32. The predicted octanol–water partition coefficient (Wildman–Crippen LogP) is 1.95. The lowest BCUT2D eigenvalue weighted by atomic mass is 10.0. The fourth-order valence-electron chi connectivity index (χ4n) is 1.54. The van der Waals surface area contributed by atoms with Crippen LogP contribution in [0.25, 0.3) is 0 Å². The summed E-state index contributed by atoms with van der Waals surface area (Å²) in [5, 5.41) is 9.82. The molecule has 0 saturated heterocycles. The number of aliphatic hydroxyl groups is 1. The first-order valence-corrected chi connectivity index (χ1v) is 4.66. The Morgan fingerprint density at radius 1 is 1.50 bits per heavy atom. The van der Waals surface area contributed by atoms with Gasteiger partial charge >= 0.3 is 0 Å². The van der Waals surface area contributed by atoms with Crippen molar-refractivity contribution in [2.24, 2.45) is 0 Å². The molecule has 1 aromatic carbocycles. The normalized spacial score (nSPS) is 18.2. The second kappa shape index (κ2) is 3.33. The van der Waals surface area contributed by atoms with Crippen LogP contribution < -0.4 is 0 Å². The number of halogens is 1. The van der Waals surface area contributed by atoms with Crippen molar-refractivity contribution in [3.63, 3.8) is 0 Å². The van der Waals surface area contributed by atoms with E-state index in [1.165, 1.54) is 13.2 Å². The molecule has 0 spiro atoms. The molecule has 1 aliphatic rings. The summed E-state index contributed by atoms with van der Waals surface area (Å²) in [5.41, 5.74) is 0.604. The van der Waals surface area contributed by atoms with Crippen LogP contribution in [0, 0.1) is 5.82 Å². The minimum absolute atomic E-state index is 0.246. The SMILES string of the molecule is COCc1cc(C2(O)CC2)ccc1F. The van der Waals surface area contributed by atoms with Crippen molar-refractivity contribution in [1.29, 1.82) is 0 Å². The van der Waals surface area contributed by atoms with Crippen LogP contribution in [0.3, 0.4) is 0 Å². The maximum Gasteiger partial charge on any atom is 0.128 e. The molecular weight excluding hydrogens is 183 g/mol. The number of benzene rings is 1. The first-order chi connectivity index (χ1) is 6.65. The molecule has 0 aliphatic heterocycles. The zero-order chi connectivity index (χ0) is 10.2. The predicted molar refractivity (Wildman–Crippen MR) is 50.2 cm³/mol. The van der Waals surface area contributed by atoms with E-state index in [-0.39, 0.29) is 12.4 Å². The van der Waals surface area contributed by atoms with E-state index in [1.807, 2.05) is 0 Å². The van der Waals surface area contributed by atoms with Crippen molar-refractivity contribution < 1.29 is 14.2 Å². The standard InChI is InChI=1S/C11H13FO2/c1-14-7-8-6-9(2-3-10(8)12)11(13)4-5-11/h2-3,6,13H,4-5,7H2,1H3. The molecule has 3 heteroatoms. The Bertz CT molecular complexity index is 345. The van der Waals surface area contributed by atoms with Gasteiger partial charge in [0.05, 0.1) is 12.2 Å². The lowest BCUT2D eigenvalue weighted by Crippen LogP contribution is -2.06. The molecule has 1 fully saturated rings. The average molecular weight is 196 g/mol. The zero-order valence-corrected chi connectivity index (χ0v) is 8.09. The summed E-state index contributed by atoms with van der Waals surface area (Å²) < 4.78 is 18.1. The highest BCUT2D eigenvalue weighted by atomic mass is 19.1. The quantitative estimate of drug-likeness (QED) is 0.800. The molecule has 0 heterocycles. The van der Waals surface area contributed by atoms with E-state index in [1.54, 1.807) is 12.1 Å². The van der Waals surface area contributed by atoms with Crippen LogP contribution >= 0.6 is 0 Å². The van der Waals surface area contributed by atoms with Gasteiger partial charge in [0.15, 0.2) is 0 Å². The number of hydrogen-bond donors (Lipinski definition) is 1. The van der Waals surface area contributed by atoms with E-state index in [2.05, 4.69) is 0 Å². The first-order valence-electron chi connectivity index (χ1n) is 4.66.